The number of nitrogens with zero attached hydrogens (tertiary/aromatic N) is 1. The molecule has 1 aliphatic rings. The number of hydrogen-bond acceptors (Lipinski definition) is 4. The van der Waals surface area contributed by atoms with Crippen LogP contribution in [-0.2, 0) is 9.53 Å². The predicted molar refractivity (Wildman–Crippen MR) is 77.1 cm³/mol. The van der Waals surface area contributed by atoms with Gasteiger partial charge in [0.15, 0.2) is 0 Å². The Balaban J connectivity index is 2.02. The van der Waals surface area contributed by atoms with E-state index in [4.69, 9.17) is 4.74 Å². The van der Waals surface area contributed by atoms with Crippen LogP contribution >= 0.6 is 15.9 Å². The molecule has 1 aromatic heterocycles. The van der Waals surface area contributed by atoms with E-state index in [2.05, 4.69) is 31.5 Å². The third-order valence-corrected chi connectivity index (χ3v) is 4.01. The molecule has 2 unspecified atom stereocenters. The number of amides is 1. The Labute approximate surface area is 121 Å². The van der Waals surface area contributed by atoms with Crippen LogP contribution < -0.4 is 10.6 Å². The summed E-state index contributed by atoms with van der Waals surface area (Å²) in [4.78, 5) is 16.4. The van der Waals surface area contributed by atoms with E-state index < -0.39 is 0 Å². The Morgan fingerprint density at radius 1 is 1.58 bits per heavy atom. The molecule has 6 heteroatoms. The minimum Gasteiger partial charge on any atom is -0.379 e. The highest BCUT2D eigenvalue weighted by atomic mass is 79.9. The third-order valence-electron chi connectivity index (χ3n) is 3.18. The number of pyridine rings is 1. The molecule has 1 amide bonds. The van der Waals surface area contributed by atoms with Crippen LogP contribution in [0.25, 0.3) is 0 Å². The van der Waals surface area contributed by atoms with Gasteiger partial charge in [0.05, 0.1) is 19.1 Å². The van der Waals surface area contributed by atoms with Gasteiger partial charge in [-0.25, -0.2) is 4.98 Å². The normalized spacial score (nSPS) is 22.5. The molecule has 2 N–H and O–H groups in total. The topological polar surface area (TPSA) is 63.2 Å². The van der Waals surface area contributed by atoms with E-state index in [1.165, 1.54) is 0 Å². The SMILES string of the molecule is CCNC1COCC1C(=O)Nc1cc(C)c(Br)cn1. The van der Waals surface area contributed by atoms with Crippen molar-refractivity contribution in [3.63, 3.8) is 0 Å². The van der Waals surface area contributed by atoms with Gasteiger partial charge in [-0.2, -0.15) is 0 Å². The minimum atomic E-state index is -0.161. The van der Waals surface area contributed by atoms with Crippen molar-refractivity contribution in [1.82, 2.24) is 10.3 Å². The second-order valence-corrected chi connectivity index (χ2v) is 5.47. The lowest BCUT2D eigenvalue weighted by Crippen LogP contribution is -2.41. The van der Waals surface area contributed by atoms with Crippen LogP contribution in [0.2, 0.25) is 0 Å². The molecule has 0 radical (unpaired) electrons. The molecule has 2 heterocycles. The van der Waals surface area contributed by atoms with E-state index in [9.17, 15) is 4.79 Å². The van der Waals surface area contributed by atoms with Crippen LogP contribution in [-0.4, -0.2) is 36.7 Å². The molecule has 1 aromatic rings. The number of rotatable bonds is 4. The van der Waals surface area contributed by atoms with Gasteiger partial charge in [-0.1, -0.05) is 6.92 Å². The Bertz CT molecular complexity index is 467. The lowest BCUT2D eigenvalue weighted by Gasteiger charge is -2.17. The van der Waals surface area contributed by atoms with Crippen molar-refractivity contribution >= 4 is 27.7 Å². The number of ether oxygens (including phenoxy) is 1. The van der Waals surface area contributed by atoms with Crippen molar-refractivity contribution in [2.45, 2.75) is 19.9 Å². The van der Waals surface area contributed by atoms with Gasteiger partial charge in [-0.3, -0.25) is 4.79 Å². The van der Waals surface area contributed by atoms with Gasteiger partial charge in [-0.15, -0.1) is 0 Å². The monoisotopic (exact) mass is 327 g/mol. The summed E-state index contributed by atoms with van der Waals surface area (Å²) in [7, 11) is 0. The molecule has 1 saturated heterocycles. The zero-order valence-corrected chi connectivity index (χ0v) is 12.7. The summed E-state index contributed by atoms with van der Waals surface area (Å²) >= 11 is 3.39. The molecule has 5 nitrogen and oxygen atoms in total. The Kier molecular flexibility index (Phi) is 4.90. The minimum absolute atomic E-state index is 0.0438. The fourth-order valence-electron chi connectivity index (χ4n) is 2.10. The summed E-state index contributed by atoms with van der Waals surface area (Å²) in [5, 5.41) is 6.12. The highest BCUT2D eigenvalue weighted by Crippen LogP contribution is 2.19. The molecule has 104 valence electrons. The summed E-state index contributed by atoms with van der Waals surface area (Å²) in [6.45, 7) is 5.85. The Hall–Kier alpha value is -0.980. The van der Waals surface area contributed by atoms with Crippen LogP contribution in [0.5, 0.6) is 0 Å². The molecule has 2 rings (SSSR count). The summed E-state index contributed by atoms with van der Waals surface area (Å²) in [6.07, 6.45) is 1.69. The maximum atomic E-state index is 12.2. The molecule has 0 spiro atoms. The predicted octanol–water partition coefficient (Wildman–Crippen LogP) is 1.72. The average Bonchev–Trinajstić information content (AvgIpc) is 2.83. The van der Waals surface area contributed by atoms with Gasteiger partial charge in [0.25, 0.3) is 0 Å². The summed E-state index contributed by atoms with van der Waals surface area (Å²) in [6, 6.07) is 1.93. The van der Waals surface area contributed by atoms with Gasteiger partial charge >= 0.3 is 0 Å². The largest absolute Gasteiger partial charge is 0.379 e. The van der Waals surface area contributed by atoms with E-state index >= 15 is 0 Å². The fraction of sp³-hybridized carbons (Fsp3) is 0.538. The first-order valence-electron chi connectivity index (χ1n) is 6.36. The van der Waals surface area contributed by atoms with Gasteiger partial charge in [0.1, 0.15) is 5.82 Å². The second kappa shape index (κ2) is 6.45. The van der Waals surface area contributed by atoms with Gasteiger partial charge in [0, 0.05) is 16.7 Å². The van der Waals surface area contributed by atoms with Crippen molar-refractivity contribution in [3.05, 3.63) is 22.3 Å². The van der Waals surface area contributed by atoms with Gasteiger partial charge < -0.3 is 15.4 Å². The standard InChI is InChI=1S/C13H18BrN3O2/c1-3-15-11-7-19-6-9(11)13(18)17-12-4-8(2)10(14)5-16-12/h4-5,9,11,15H,3,6-7H2,1-2H3,(H,16,17,18). The summed E-state index contributed by atoms with van der Waals surface area (Å²) in [5.41, 5.74) is 1.04. The fourth-order valence-corrected chi connectivity index (χ4v) is 2.32. The first-order valence-corrected chi connectivity index (χ1v) is 7.15. The van der Waals surface area contributed by atoms with Crippen LogP contribution in [0.15, 0.2) is 16.7 Å². The highest BCUT2D eigenvalue weighted by molar-refractivity contribution is 9.10. The zero-order chi connectivity index (χ0) is 13.8. The molecule has 0 aromatic carbocycles. The first-order chi connectivity index (χ1) is 9.11. The maximum Gasteiger partial charge on any atom is 0.232 e. The number of halogens is 1. The lowest BCUT2D eigenvalue weighted by atomic mass is 10.0. The molecule has 1 fully saturated rings. The number of carbonyl (C=O) groups is 1. The molecule has 19 heavy (non-hydrogen) atoms. The van der Waals surface area contributed by atoms with Crippen LogP contribution in [0.1, 0.15) is 12.5 Å². The molecule has 2 atom stereocenters. The van der Waals surface area contributed by atoms with Gasteiger partial charge in [-0.05, 0) is 41.0 Å². The van der Waals surface area contributed by atoms with Crippen molar-refractivity contribution in [2.24, 2.45) is 5.92 Å². The van der Waals surface area contributed by atoms with E-state index in [-0.39, 0.29) is 17.9 Å². The number of aromatic nitrogens is 1. The molecule has 0 aliphatic carbocycles. The smallest absolute Gasteiger partial charge is 0.232 e. The molecular weight excluding hydrogens is 310 g/mol. The number of nitrogens with one attached hydrogen (secondary N) is 2. The summed E-state index contributed by atoms with van der Waals surface area (Å²) < 4.78 is 6.30. The van der Waals surface area contributed by atoms with E-state index in [1.807, 2.05) is 19.9 Å². The molecule has 0 bridgehead atoms. The van der Waals surface area contributed by atoms with Crippen molar-refractivity contribution in [3.8, 4) is 0 Å². The van der Waals surface area contributed by atoms with Crippen molar-refractivity contribution in [1.29, 1.82) is 0 Å². The van der Waals surface area contributed by atoms with E-state index in [1.54, 1.807) is 6.20 Å². The van der Waals surface area contributed by atoms with Crippen LogP contribution in [0.4, 0.5) is 5.82 Å². The third kappa shape index (κ3) is 3.52. The number of likely N-dealkylation sites (N-methyl/N-ethyl adjacent to an activating group) is 1. The number of anilines is 1. The Morgan fingerprint density at radius 2 is 2.37 bits per heavy atom. The summed E-state index contributed by atoms with van der Waals surface area (Å²) in [5.74, 6) is 0.372. The quantitative estimate of drug-likeness (QED) is 0.883. The van der Waals surface area contributed by atoms with Crippen molar-refractivity contribution in [2.75, 3.05) is 25.1 Å². The Morgan fingerprint density at radius 3 is 3.05 bits per heavy atom. The maximum absolute atomic E-state index is 12.2. The van der Waals surface area contributed by atoms with Crippen LogP contribution in [0.3, 0.4) is 0 Å². The van der Waals surface area contributed by atoms with Crippen LogP contribution in [0, 0.1) is 12.8 Å². The molecule has 1 aliphatic heterocycles. The highest BCUT2D eigenvalue weighted by Gasteiger charge is 2.33. The number of hydrogen-bond donors (Lipinski definition) is 2. The first kappa shape index (κ1) is 14.4. The van der Waals surface area contributed by atoms with Crippen molar-refractivity contribution < 1.29 is 9.53 Å². The molecule has 0 saturated carbocycles. The van der Waals surface area contributed by atoms with E-state index in [0.717, 1.165) is 16.6 Å². The zero-order valence-electron chi connectivity index (χ0n) is 11.1. The van der Waals surface area contributed by atoms with Gasteiger partial charge in [0.2, 0.25) is 5.91 Å². The molecular formula is C13H18BrN3O2. The lowest BCUT2D eigenvalue weighted by molar-refractivity contribution is -0.120. The second-order valence-electron chi connectivity index (χ2n) is 4.62. The average molecular weight is 328 g/mol. The number of aryl methyl sites for hydroxylation is 1. The number of carbonyl (C=O) groups excluding carboxylic acids is 1. The van der Waals surface area contributed by atoms with E-state index in [0.29, 0.717) is 19.0 Å².